The summed E-state index contributed by atoms with van der Waals surface area (Å²) in [6, 6.07) is 12.3. The second-order valence-electron chi connectivity index (χ2n) is 8.45. The first-order valence-electron chi connectivity index (χ1n) is 9.92. The van der Waals surface area contributed by atoms with Crippen molar-refractivity contribution in [3.05, 3.63) is 60.7 Å². The second kappa shape index (κ2) is 8.63. The van der Waals surface area contributed by atoms with Crippen LogP contribution in [-0.4, -0.2) is 39.8 Å². The lowest BCUT2D eigenvalue weighted by Gasteiger charge is -2.35. The van der Waals surface area contributed by atoms with E-state index in [1.54, 1.807) is 36.4 Å². The minimum absolute atomic E-state index is 0.105. The summed E-state index contributed by atoms with van der Waals surface area (Å²) in [5.41, 5.74) is 1.82. The molecule has 1 amide bonds. The first kappa shape index (κ1) is 22.7. The zero-order valence-corrected chi connectivity index (χ0v) is 19.0. The number of nitrogens with zero attached hydrogens (tertiary/aromatic N) is 1. The summed E-state index contributed by atoms with van der Waals surface area (Å²) in [7, 11) is -3.61. The summed E-state index contributed by atoms with van der Waals surface area (Å²) in [4.78, 5) is 12.8. The van der Waals surface area contributed by atoms with Crippen molar-refractivity contribution < 1.29 is 22.7 Å². The molecule has 0 aliphatic carbocycles. The van der Waals surface area contributed by atoms with Gasteiger partial charge in [0.2, 0.25) is 10.0 Å². The first-order chi connectivity index (χ1) is 14.5. The third-order valence-corrected chi connectivity index (χ3v) is 6.02. The molecule has 2 aromatic rings. The first-order valence-corrected chi connectivity index (χ1v) is 11.8. The summed E-state index contributed by atoms with van der Waals surface area (Å²) in [5.74, 6) is 0.579. The van der Waals surface area contributed by atoms with Gasteiger partial charge in [-0.05, 0) is 47.4 Å². The Balaban J connectivity index is 1.82. The van der Waals surface area contributed by atoms with Gasteiger partial charge in [0.25, 0.3) is 5.91 Å². The molecule has 0 spiro atoms. The number of nitrogens with one attached hydrogen (secondary N) is 1. The quantitative estimate of drug-likeness (QED) is 0.687. The van der Waals surface area contributed by atoms with Crippen molar-refractivity contribution in [2.75, 3.05) is 29.0 Å². The number of fused-ring (bicyclic) bond motifs is 1. The Morgan fingerprint density at radius 2 is 1.94 bits per heavy atom. The Hall–Kier alpha value is -3.00. The molecule has 1 N–H and O–H groups in total. The summed E-state index contributed by atoms with van der Waals surface area (Å²) in [6.45, 7) is 10.0. The maximum Gasteiger partial charge on any atom is 0.267 e. The van der Waals surface area contributed by atoms with Crippen molar-refractivity contribution in [1.82, 2.24) is 0 Å². The molecule has 1 atom stereocenters. The van der Waals surface area contributed by atoms with E-state index in [1.807, 2.05) is 32.9 Å². The summed E-state index contributed by atoms with van der Waals surface area (Å²) in [5, 5.41) is 2.77. The van der Waals surface area contributed by atoms with Crippen LogP contribution in [0.15, 0.2) is 55.1 Å². The van der Waals surface area contributed by atoms with E-state index in [9.17, 15) is 13.2 Å². The van der Waals surface area contributed by atoms with Gasteiger partial charge in [0.1, 0.15) is 18.1 Å². The predicted molar refractivity (Wildman–Crippen MR) is 123 cm³/mol. The topological polar surface area (TPSA) is 84.9 Å². The predicted octanol–water partition coefficient (Wildman–Crippen LogP) is 3.71. The number of amides is 1. The zero-order chi connectivity index (χ0) is 22.8. The molecule has 31 heavy (non-hydrogen) atoms. The number of hydrogen-bond donors (Lipinski definition) is 1. The molecule has 0 saturated heterocycles. The van der Waals surface area contributed by atoms with Crippen molar-refractivity contribution in [1.29, 1.82) is 0 Å². The molecule has 0 saturated carbocycles. The van der Waals surface area contributed by atoms with E-state index in [4.69, 9.17) is 9.47 Å². The Bertz CT molecular complexity index is 1070. The highest BCUT2D eigenvalue weighted by Crippen LogP contribution is 2.38. The Labute approximate surface area is 183 Å². The van der Waals surface area contributed by atoms with Crippen LogP contribution in [0.1, 0.15) is 26.3 Å². The van der Waals surface area contributed by atoms with E-state index in [1.165, 1.54) is 4.31 Å². The van der Waals surface area contributed by atoms with Crippen LogP contribution in [0.5, 0.6) is 11.5 Å². The molecular formula is C23H28N2O5S. The third kappa shape index (κ3) is 5.38. The van der Waals surface area contributed by atoms with Gasteiger partial charge in [-0.25, -0.2) is 8.42 Å². The van der Waals surface area contributed by atoms with Crippen LogP contribution in [0.4, 0.5) is 11.4 Å². The van der Waals surface area contributed by atoms with Crippen LogP contribution in [-0.2, 0) is 20.2 Å². The third-order valence-electron chi connectivity index (χ3n) is 4.88. The monoisotopic (exact) mass is 444 g/mol. The minimum Gasteiger partial charge on any atom is -0.490 e. The largest absolute Gasteiger partial charge is 0.490 e. The van der Waals surface area contributed by atoms with Gasteiger partial charge >= 0.3 is 0 Å². The highest BCUT2D eigenvalue weighted by Gasteiger charge is 2.35. The number of rotatable bonds is 6. The van der Waals surface area contributed by atoms with Crippen molar-refractivity contribution in [2.24, 2.45) is 0 Å². The van der Waals surface area contributed by atoms with Crippen LogP contribution in [0.3, 0.4) is 0 Å². The van der Waals surface area contributed by atoms with Crippen LogP contribution >= 0.6 is 0 Å². The average Bonchev–Trinajstić information content (AvgIpc) is 2.70. The van der Waals surface area contributed by atoms with Crippen LogP contribution in [0.25, 0.3) is 0 Å². The fourth-order valence-corrected chi connectivity index (χ4v) is 4.09. The van der Waals surface area contributed by atoms with Crippen LogP contribution in [0, 0.1) is 0 Å². The standard InChI is InChI=1S/C23H28N2O5S/c1-6-13-29-18-10-8-17(9-11-18)24-22(26)21-15-25(31(5,27)28)19-14-16(23(2,3)4)7-12-20(19)30-21/h6-12,14,21H,1,13,15H2,2-5H3,(H,24,26). The van der Waals surface area contributed by atoms with Crippen molar-refractivity contribution in [2.45, 2.75) is 32.3 Å². The van der Waals surface area contributed by atoms with E-state index >= 15 is 0 Å². The van der Waals surface area contributed by atoms with Gasteiger partial charge in [-0.15, -0.1) is 0 Å². The fraction of sp³-hybridized carbons (Fsp3) is 0.348. The second-order valence-corrected chi connectivity index (χ2v) is 10.4. The SMILES string of the molecule is C=CCOc1ccc(NC(=O)C2CN(S(C)(=O)=O)c3cc(C(C)(C)C)ccc3O2)cc1. The summed E-state index contributed by atoms with van der Waals surface area (Å²) >= 11 is 0. The molecule has 1 heterocycles. The fourth-order valence-electron chi connectivity index (χ4n) is 3.18. The summed E-state index contributed by atoms with van der Waals surface area (Å²) in [6.07, 6.45) is 1.79. The normalized spacial score (nSPS) is 16.1. The van der Waals surface area contributed by atoms with Gasteiger partial charge in [0.15, 0.2) is 6.10 Å². The molecule has 1 unspecified atom stereocenters. The van der Waals surface area contributed by atoms with E-state index in [2.05, 4.69) is 11.9 Å². The van der Waals surface area contributed by atoms with Gasteiger partial charge in [0.05, 0.1) is 18.5 Å². The Morgan fingerprint density at radius 3 is 2.52 bits per heavy atom. The lowest BCUT2D eigenvalue weighted by Crippen LogP contribution is -2.48. The lowest BCUT2D eigenvalue weighted by molar-refractivity contribution is -0.122. The van der Waals surface area contributed by atoms with Crippen molar-refractivity contribution >= 4 is 27.3 Å². The molecule has 8 heteroatoms. The smallest absolute Gasteiger partial charge is 0.267 e. The van der Waals surface area contributed by atoms with Crippen molar-refractivity contribution in [3.8, 4) is 11.5 Å². The number of ether oxygens (including phenoxy) is 2. The van der Waals surface area contributed by atoms with E-state index in [0.29, 0.717) is 29.5 Å². The molecule has 0 bridgehead atoms. The Kier molecular flexibility index (Phi) is 6.31. The highest BCUT2D eigenvalue weighted by atomic mass is 32.2. The average molecular weight is 445 g/mol. The maximum absolute atomic E-state index is 12.8. The molecular weight excluding hydrogens is 416 g/mol. The Morgan fingerprint density at radius 1 is 1.26 bits per heavy atom. The van der Waals surface area contributed by atoms with Crippen LogP contribution < -0.4 is 19.1 Å². The lowest BCUT2D eigenvalue weighted by atomic mass is 9.86. The molecule has 0 radical (unpaired) electrons. The molecule has 166 valence electrons. The number of hydrogen-bond acceptors (Lipinski definition) is 5. The highest BCUT2D eigenvalue weighted by molar-refractivity contribution is 7.92. The number of carbonyl (C=O) groups excluding carboxylic acids is 1. The molecule has 1 aliphatic heterocycles. The van der Waals surface area contributed by atoms with Gasteiger partial charge < -0.3 is 14.8 Å². The molecule has 3 rings (SSSR count). The number of carbonyl (C=O) groups is 1. The zero-order valence-electron chi connectivity index (χ0n) is 18.2. The summed E-state index contributed by atoms with van der Waals surface area (Å²) < 4.78 is 37.5. The van der Waals surface area contributed by atoms with E-state index in [-0.39, 0.29) is 12.0 Å². The molecule has 7 nitrogen and oxygen atoms in total. The number of anilines is 2. The van der Waals surface area contributed by atoms with Crippen LogP contribution in [0.2, 0.25) is 0 Å². The van der Waals surface area contributed by atoms with Gasteiger partial charge in [-0.3, -0.25) is 9.10 Å². The molecule has 0 fully saturated rings. The molecule has 2 aromatic carbocycles. The van der Waals surface area contributed by atoms with Crippen molar-refractivity contribution in [3.63, 3.8) is 0 Å². The number of benzene rings is 2. The van der Waals surface area contributed by atoms with E-state index in [0.717, 1.165) is 11.8 Å². The van der Waals surface area contributed by atoms with Gasteiger partial charge in [-0.2, -0.15) is 0 Å². The molecule has 1 aliphatic rings. The van der Waals surface area contributed by atoms with Gasteiger partial charge in [-0.1, -0.05) is 39.5 Å². The van der Waals surface area contributed by atoms with Gasteiger partial charge in [0, 0.05) is 5.69 Å². The minimum atomic E-state index is -3.61. The van der Waals surface area contributed by atoms with E-state index < -0.39 is 22.0 Å². The number of sulfonamides is 1. The molecule has 0 aromatic heterocycles. The maximum atomic E-state index is 12.8.